The van der Waals surface area contributed by atoms with Gasteiger partial charge >= 0.3 is 6.09 Å². The first-order valence-corrected chi connectivity index (χ1v) is 5.60. The van der Waals surface area contributed by atoms with Gasteiger partial charge in [-0.05, 0) is 27.2 Å². The molecule has 5 heteroatoms. The summed E-state index contributed by atoms with van der Waals surface area (Å²) in [7, 11) is 0. The molecule has 94 valence electrons. The molecular formula is C11H21NO4. The second-order valence-corrected chi connectivity index (χ2v) is 5.23. The van der Waals surface area contributed by atoms with Gasteiger partial charge in [-0.3, -0.25) is 0 Å². The Morgan fingerprint density at radius 1 is 1.56 bits per heavy atom. The van der Waals surface area contributed by atoms with Crippen LogP contribution in [-0.4, -0.2) is 52.6 Å². The van der Waals surface area contributed by atoms with Crippen molar-refractivity contribution in [3.63, 3.8) is 0 Å². The maximum Gasteiger partial charge on any atom is 0.410 e. The molecule has 1 saturated heterocycles. The van der Waals surface area contributed by atoms with Crippen molar-refractivity contribution in [3.8, 4) is 0 Å². The van der Waals surface area contributed by atoms with Gasteiger partial charge in [0.2, 0.25) is 0 Å². The number of ether oxygens (including phenoxy) is 1. The molecule has 0 spiro atoms. The second-order valence-electron chi connectivity index (χ2n) is 5.23. The molecule has 5 nitrogen and oxygen atoms in total. The monoisotopic (exact) mass is 231 g/mol. The highest BCUT2D eigenvalue weighted by Crippen LogP contribution is 2.21. The highest BCUT2D eigenvalue weighted by Gasteiger charge is 2.32. The minimum atomic E-state index is -0.743. The quantitative estimate of drug-likeness (QED) is 0.730. The molecule has 0 aromatic heterocycles. The van der Waals surface area contributed by atoms with Crippen molar-refractivity contribution in [2.24, 2.45) is 5.92 Å². The van der Waals surface area contributed by atoms with Crippen molar-refractivity contribution in [1.29, 1.82) is 0 Å². The SMILES string of the molecule is CC(C)(C)OC(=O)N1CCC(C(O)CO)C1. The molecule has 2 unspecified atom stereocenters. The van der Waals surface area contributed by atoms with E-state index in [2.05, 4.69) is 0 Å². The topological polar surface area (TPSA) is 70.0 Å². The van der Waals surface area contributed by atoms with E-state index in [4.69, 9.17) is 9.84 Å². The van der Waals surface area contributed by atoms with Gasteiger partial charge < -0.3 is 19.8 Å². The smallest absolute Gasteiger partial charge is 0.410 e. The van der Waals surface area contributed by atoms with Crippen molar-refractivity contribution in [2.45, 2.75) is 38.9 Å². The Labute approximate surface area is 96.0 Å². The molecule has 2 atom stereocenters. The first-order chi connectivity index (χ1) is 7.33. The maximum atomic E-state index is 11.7. The van der Waals surface area contributed by atoms with Crippen LogP contribution in [0.3, 0.4) is 0 Å². The molecule has 1 aliphatic rings. The third kappa shape index (κ3) is 3.64. The summed E-state index contributed by atoms with van der Waals surface area (Å²) in [5.41, 5.74) is -0.495. The Hall–Kier alpha value is -0.810. The first kappa shape index (κ1) is 13.3. The lowest BCUT2D eigenvalue weighted by Crippen LogP contribution is -2.36. The fourth-order valence-corrected chi connectivity index (χ4v) is 1.74. The Morgan fingerprint density at radius 3 is 2.69 bits per heavy atom. The molecular weight excluding hydrogens is 210 g/mol. The average Bonchev–Trinajstić information content (AvgIpc) is 2.62. The maximum absolute atomic E-state index is 11.7. The molecule has 0 bridgehead atoms. The van der Waals surface area contributed by atoms with Crippen molar-refractivity contribution < 1.29 is 19.7 Å². The lowest BCUT2D eigenvalue weighted by atomic mass is 10.0. The van der Waals surface area contributed by atoms with Crippen LogP contribution in [-0.2, 0) is 4.74 Å². The summed E-state index contributed by atoms with van der Waals surface area (Å²) in [6.07, 6.45) is -0.381. The second kappa shape index (κ2) is 5.01. The molecule has 1 rings (SSSR count). The average molecular weight is 231 g/mol. The van der Waals surface area contributed by atoms with E-state index < -0.39 is 11.7 Å². The summed E-state index contributed by atoms with van der Waals surface area (Å²) in [6.45, 7) is 6.24. The normalized spacial score (nSPS) is 23.3. The van der Waals surface area contributed by atoms with Gasteiger partial charge in [-0.25, -0.2) is 4.79 Å². The molecule has 1 amide bonds. The Bertz CT molecular complexity index is 249. The minimum Gasteiger partial charge on any atom is -0.444 e. The van der Waals surface area contributed by atoms with E-state index in [-0.39, 0.29) is 18.6 Å². The molecule has 1 aliphatic heterocycles. The lowest BCUT2D eigenvalue weighted by molar-refractivity contribution is 0.0230. The van der Waals surface area contributed by atoms with E-state index in [1.165, 1.54) is 0 Å². The van der Waals surface area contributed by atoms with E-state index in [0.717, 1.165) is 0 Å². The summed E-state index contributed by atoms with van der Waals surface area (Å²) in [6, 6.07) is 0. The van der Waals surface area contributed by atoms with Crippen LogP contribution in [0.1, 0.15) is 27.2 Å². The number of aliphatic hydroxyl groups excluding tert-OH is 2. The van der Waals surface area contributed by atoms with Gasteiger partial charge in [0, 0.05) is 19.0 Å². The molecule has 1 fully saturated rings. The van der Waals surface area contributed by atoms with Crippen molar-refractivity contribution in [1.82, 2.24) is 4.90 Å². The van der Waals surface area contributed by atoms with E-state index >= 15 is 0 Å². The summed E-state index contributed by atoms with van der Waals surface area (Å²) in [5.74, 6) is -0.0440. The number of hydrogen-bond donors (Lipinski definition) is 2. The van der Waals surface area contributed by atoms with Gasteiger partial charge in [0.1, 0.15) is 5.60 Å². The lowest BCUT2D eigenvalue weighted by Gasteiger charge is -2.24. The minimum absolute atomic E-state index is 0.0440. The van der Waals surface area contributed by atoms with Crippen LogP contribution in [0.2, 0.25) is 0 Å². The fourth-order valence-electron chi connectivity index (χ4n) is 1.74. The number of amides is 1. The van der Waals surface area contributed by atoms with Gasteiger partial charge in [-0.2, -0.15) is 0 Å². The highest BCUT2D eigenvalue weighted by molar-refractivity contribution is 5.68. The summed E-state index contributed by atoms with van der Waals surface area (Å²) in [5, 5.41) is 18.3. The Morgan fingerprint density at radius 2 is 2.19 bits per heavy atom. The largest absolute Gasteiger partial charge is 0.444 e. The van der Waals surface area contributed by atoms with Gasteiger partial charge in [-0.15, -0.1) is 0 Å². The van der Waals surface area contributed by atoms with Crippen LogP contribution in [0, 0.1) is 5.92 Å². The zero-order valence-corrected chi connectivity index (χ0v) is 10.1. The number of rotatable bonds is 2. The highest BCUT2D eigenvalue weighted by atomic mass is 16.6. The number of carbonyl (C=O) groups is 1. The van der Waals surface area contributed by atoms with Crippen LogP contribution in [0.25, 0.3) is 0 Å². The van der Waals surface area contributed by atoms with Gasteiger partial charge in [0.25, 0.3) is 0 Å². The standard InChI is InChI=1S/C11H21NO4/c1-11(2,3)16-10(15)12-5-4-8(6-12)9(14)7-13/h8-9,13-14H,4-7H2,1-3H3. The predicted molar refractivity (Wildman–Crippen MR) is 59.0 cm³/mol. The number of likely N-dealkylation sites (tertiary alicyclic amines) is 1. The molecule has 0 aromatic rings. The van der Waals surface area contributed by atoms with E-state index in [1.807, 2.05) is 20.8 Å². The van der Waals surface area contributed by atoms with Crippen LogP contribution in [0.5, 0.6) is 0 Å². The molecule has 0 aromatic carbocycles. The zero-order chi connectivity index (χ0) is 12.3. The Kier molecular flexibility index (Phi) is 4.15. The molecule has 0 saturated carbocycles. The summed E-state index contributed by atoms with van der Waals surface area (Å²) >= 11 is 0. The van der Waals surface area contributed by atoms with Gasteiger partial charge in [0.05, 0.1) is 12.7 Å². The third-order valence-corrected chi connectivity index (χ3v) is 2.61. The van der Waals surface area contributed by atoms with E-state index in [1.54, 1.807) is 4.90 Å². The van der Waals surface area contributed by atoms with Crippen LogP contribution >= 0.6 is 0 Å². The third-order valence-electron chi connectivity index (χ3n) is 2.61. The number of aliphatic hydroxyl groups is 2. The summed E-state index contributed by atoms with van der Waals surface area (Å²) < 4.78 is 5.23. The van der Waals surface area contributed by atoms with Crippen LogP contribution < -0.4 is 0 Å². The number of carbonyl (C=O) groups excluding carboxylic acids is 1. The van der Waals surface area contributed by atoms with Gasteiger partial charge in [0.15, 0.2) is 0 Å². The van der Waals surface area contributed by atoms with Crippen molar-refractivity contribution in [3.05, 3.63) is 0 Å². The molecule has 0 radical (unpaired) electrons. The molecule has 2 N–H and O–H groups in total. The van der Waals surface area contributed by atoms with E-state index in [9.17, 15) is 9.90 Å². The molecule has 16 heavy (non-hydrogen) atoms. The Balaban J connectivity index is 2.44. The summed E-state index contributed by atoms with van der Waals surface area (Å²) in [4.78, 5) is 13.3. The van der Waals surface area contributed by atoms with E-state index in [0.29, 0.717) is 19.5 Å². The van der Waals surface area contributed by atoms with Gasteiger partial charge in [-0.1, -0.05) is 0 Å². The molecule has 1 heterocycles. The zero-order valence-electron chi connectivity index (χ0n) is 10.1. The van der Waals surface area contributed by atoms with Crippen molar-refractivity contribution in [2.75, 3.05) is 19.7 Å². The fraction of sp³-hybridized carbons (Fsp3) is 0.909. The number of hydrogen-bond acceptors (Lipinski definition) is 4. The van der Waals surface area contributed by atoms with Crippen LogP contribution in [0.15, 0.2) is 0 Å². The predicted octanol–water partition coefficient (Wildman–Crippen LogP) is 0.597. The number of nitrogens with zero attached hydrogens (tertiary/aromatic N) is 1. The first-order valence-electron chi connectivity index (χ1n) is 5.60. The molecule has 0 aliphatic carbocycles. The van der Waals surface area contributed by atoms with Crippen LogP contribution in [0.4, 0.5) is 4.79 Å². The van der Waals surface area contributed by atoms with Crippen molar-refractivity contribution >= 4 is 6.09 Å².